The Hall–Kier alpha value is -0.680. The molecule has 0 fully saturated rings. The Morgan fingerprint density at radius 3 is 1.14 bits per heavy atom. The molecule has 0 unspecified atom stereocenters. The summed E-state index contributed by atoms with van der Waals surface area (Å²) in [6, 6.07) is 12.9. The summed E-state index contributed by atoms with van der Waals surface area (Å²) in [7, 11) is 0. The monoisotopic (exact) mass is 612 g/mol. The average Bonchev–Trinajstić information content (AvgIpc) is 3.54. The summed E-state index contributed by atoms with van der Waals surface area (Å²) in [6.07, 6.45) is 20.4. The van der Waals surface area contributed by atoms with Crippen LogP contribution in [0.5, 0.6) is 0 Å². The van der Waals surface area contributed by atoms with Crippen LogP contribution in [0.3, 0.4) is 0 Å². The molecule has 8 heteroatoms. The molecule has 0 amide bonds. The number of fused-ring (bicyclic) bond motifs is 2. The molecule has 5 rings (SSSR count). The summed E-state index contributed by atoms with van der Waals surface area (Å²) in [6.45, 7) is 0. The molecule has 0 atom stereocenters. The molecule has 0 saturated heterocycles. The van der Waals surface area contributed by atoms with Gasteiger partial charge in [-0.1, -0.05) is 71.0 Å². The molecule has 2 aliphatic rings. The smallest absolute Gasteiger partial charge is 0.0657 e. The largest absolute Gasteiger partial charge is 0.121 e. The third kappa shape index (κ3) is 4.78. The first-order chi connectivity index (χ1) is 17.6. The summed E-state index contributed by atoms with van der Waals surface area (Å²) >= 11 is 14.8. The molecule has 3 aromatic carbocycles. The zero-order chi connectivity index (χ0) is 25.4. The van der Waals surface area contributed by atoms with Crippen molar-refractivity contribution in [2.24, 2.45) is 0 Å². The van der Waals surface area contributed by atoms with Crippen molar-refractivity contribution < 1.29 is 0 Å². The molecule has 0 N–H and O–H groups in total. The molecule has 0 nitrogen and oxygen atoms in total. The van der Waals surface area contributed by atoms with Gasteiger partial charge in [0.05, 0.1) is 25.4 Å². The van der Waals surface area contributed by atoms with Gasteiger partial charge in [0.25, 0.3) is 0 Å². The van der Waals surface area contributed by atoms with Gasteiger partial charge in [-0.25, -0.2) is 0 Å². The first-order valence-corrected chi connectivity index (χ1v) is 18.8. The Morgan fingerprint density at radius 1 is 0.528 bits per heavy atom. The van der Waals surface area contributed by atoms with Crippen molar-refractivity contribution in [3.63, 3.8) is 0 Å². The van der Waals surface area contributed by atoms with Gasteiger partial charge in [0.1, 0.15) is 0 Å². The SMILES string of the molecule is C#Cc1ccc2c(=C3SC(SC)=C(SC)S3)c3cc(C#C)ccc3c(=C3SC(SC)=C(SC)S3)c2c1. The van der Waals surface area contributed by atoms with Gasteiger partial charge in [0, 0.05) is 21.6 Å². The van der Waals surface area contributed by atoms with Gasteiger partial charge in [-0.05, 0) is 70.8 Å². The van der Waals surface area contributed by atoms with Gasteiger partial charge in [-0.3, -0.25) is 0 Å². The van der Waals surface area contributed by atoms with E-state index in [0.717, 1.165) is 11.1 Å². The summed E-state index contributed by atoms with van der Waals surface area (Å²) in [5.74, 6) is 5.73. The lowest BCUT2D eigenvalue weighted by molar-refractivity contribution is 1.64. The molecule has 180 valence electrons. The van der Waals surface area contributed by atoms with Gasteiger partial charge >= 0.3 is 0 Å². The minimum absolute atomic E-state index is 0.899. The van der Waals surface area contributed by atoms with Crippen LogP contribution in [-0.4, -0.2) is 25.0 Å². The second-order valence-electron chi connectivity index (χ2n) is 7.51. The fourth-order valence-electron chi connectivity index (χ4n) is 4.10. The van der Waals surface area contributed by atoms with Crippen molar-refractivity contribution in [1.29, 1.82) is 0 Å². The van der Waals surface area contributed by atoms with Gasteiger partial charge in [-0.15, -0.1) is 59.9 Å². The van der Waals surface area contributed by atoms with E-state index < -0.39 is 0 Å². The van der Waals surface area contributed by atoms with E-state index in [1.165, 1.54) is 57.4 Å². The van der Waals surface area contributed by atoms with Crippen LogP contribution in [0.15, 0.2) is 53.3 Å². The molecule has 0 saturated carbocycles. The second-order valence-corrected chi connectivity index (χ2v) is 16.4. The highest BCUT2D eigenvalue weighted by Gasteiger charge is 2.25. The molecule has 2 aliphatic heterocycles. The maximum Gasteiger partial charge on any atom is 0.0657 e. The van der Waals surface area contributed by atoms with E-state index in [9.17, 15) is 0 Å². The fraction of sp³-hybridized carbons (Fsp3) is 0.143. The topological polar surface area (TPSA) is 0 Å². The normalized spacial score (nSPS) is 15.9. The molecule has 0 spiro atoms. The van der Waals surface area contributed by atoms with Gasteiger partial charge < -0.3 is 0 Å². The lowest BCUT2D eigenvalue weighted by Gasteiger charge is -2.12. The summed E-state index contributed by atoms with van der Waals surface area (Å²) in [5, 5.41) is 7.37. The molecule has 0 aromatic heterocycles. The predicted molar refractivity (Wildman–Crippen MR) is 182 cm³/mol. The third-order valence-corrected chi connectivity index (χ3v) is 16.1. The van der Waals surface area contributed by atoms with Crippen molar-refractivity contribution >= 4 is 124 Å². The Morgan fingerprint density at radius 2 is 0.861 bits per heavy atom. The molecule has 0 bridgehead atoms. The zero-order valence-electron chi connectivity index (χ0n) is 19.9. The van der Waals surface area contributed by atoms with Crippen LogP contribution >= 0.6 is 94.1 Å². The molecule has 0 radical (unpaired) electrons. The van der Waals surface area contributed by atoms with E-state index in [4.69, 9.17) is 12.8 Å². The maximum atomic E-state index is 5.88. The number of rotatable bonds is 4. The van der Waals surface area contributed by atoms with E-state index >= 15 is 0 Å². The van der Waals surface area contributed by atoms with Crippen LogP contribution < -0.4 is 10.4 Å². The van der Waals surface area contributed by atoms with E-state index in [2.05, 4.69) is 73.3 Å². The zero-order valence-corrected chi connectivity index (χ0v) is 26.4. The Bertz CT molecular complexity index is 1530. The van der Waals surface area contributed by atoms with Crippen LogP contribution in [0.1, 0.15) is 11.1 Å². The average molecular weight is 613 g/mol. The molecule has 0 aliphatic carbocycles. The minimum atomic E-state index is 0.899. The highest BCUT2D eigenvalue weighted by molar-refractivity contribution is 8.46. The third-order valence-electron chi connectivity index (χ3n) is 5.67. The van der Waals surface area contributed by atoms with Gasteiger partial charge in [0.2, 0.25) is 0 Å². The molecular formula is C28H20S8. The summed E-state index contributed by atoms with van der Waals surface area (Å²) in [5.41, 5.74) is 1.80. The van der Waals surface area contributed by atoms with Crippen molar-refractivity contribution in [2.45, 2.75) is 0 Å². The second kappa shape index (κ2) is 11.6. The van der Waals surface area contributed by atoms with E-state index in [-0.39, 0.29) is 0 Å². The quantitative estimate of drug-likeness (QED) is 0.209. The fourth-order valence-corrected chi connectivity index (χ4v) is 14.4. The first kappa shape index (κ1) is 26.9. The van der Waals surface area contributed by atoms with Crippen molar-refractivity contribution in [1.82, 2.24) is 0 Å². The van der Waals surface area contributed by atoms with E-state index in [1.54, 1.807) is 0 Å². The van der Waals surface area contributed by atoms with Crippen LogP contribution in [0.4, 0.5) is 0 Å². The maximum absolute atomic E-state index is 5.88. The minimum Gasteiger partial charge on any atom is -0.121 e. The van der Waals surface area contributed by atoms with Crippen LogP contribution in [0.2, 0.25) is 0 Å². The van der Waals surface area contributed by atoms with Crippen molar-refractivity contribution in [2.75, 3.05) is 25.0 Å². The number of hydrogen-bond acceptors (Lipinski definition) is 8. The van der Waals surface area contributed by atoms with Gasteiger partial charge in [0.15, 0.2) is 0 Å². The van der Waals surface area contributed by atoms with Crippen LogP contribution in [0.25, 0.3) is 30.0 Å². The standard InChI is InChI=1S/C28H20S8/c1-7-15-9-11-17-19(13-15)21(23-33-25(29-3)26(30-4)34-23)18-12-10-16(8-2)14-20(18)22(17)24-35-27(31-5)28(32-6)36-24/h1-2,9-14H,3-6H3. The number of thioether (sulfide) groups is 8. The summed E-state index contributed by atoms with van der Waals surface area (Å²) < 4.78 is 8.04. The predicted octanol–water partition coefficient (Wildman–Crippen LogP) is 8.75. The van der Waals surface area contributed by atoms with Crippen molar-refractivity contribution in [3.8, 4) is 24.7 Å². The Balaban J connectivity index is 1.99. The number of hydrogen-bond donors (Lipinski definition) is 0. The first-order valence-electron chi connectivity index (χ1n) is 10.6. The number of terminal acetylenes is 2. The van der Waals surface area contributed by atoms with Crippen LogP contribution in [0, 0.1) is 24.7 Å². The lowest BCUT2D eigenvalue weighted by Crippen LogP contribution is -2.17. The Kier molecular flexibility index (Phi) is 8.67. The van der Waals surface area contributed by atoms with E-state index in [0.29, 0.717) is 0 Å². The van der Waals surface area contributed by atoms with Gasteiger partial charge in [-0.2, -0.15) is 0 Å². The van der Waals surface area contributed by atoms with E-state index in [1.807, 2.05) is 94.1 Å². The lowest BCUT2D eigenvalue weighted by atomic mass is 9.96. The molecule has 2 heterocycles. The van der Waals surface area contributed by atoms with Crippen LogP contribution in [-0.2, 0) is 0 Å². The highest BCUT2D eigenvalue weighted by atomic mass is 32.3. The number of benzene rings is 3. The molecular weight excluding hydrogens is 593 g/mol. The molecule has 3 aromatic rings. The molecule has 36 heavy (non-hydrogen) atoms. The summed E-state index contributed by atoms with van der Waals surface area (Å²) in [4.78, 5) is 0. The highest BCUT2D eigenvalue weighted by Crippen LogP contribution is 2.58. The van der Waals surface area contributed by atoms with Crippen molar-refractivity contribution in [3.05, 3.63) is 74.9 Å². The Labute approximate surface area is 246 Å².